The number of halogens is 1. The van der Waals surface area contributed by atoms with E-state index >= 15 is 0 Å². The molecule has 2 heteroatoms. The van der Waals surface area contributed by atoms with Gasteiger partial charge in [-0.15, -0.1) is 11.8 Å². The first kappa shape index (κ1) is 10.3. The number of rotatable bonds is 3. The first-order valence-corrected chi connectivity index (χ1v) is 5.37. The van der Waals surface area contributed by atoms with Gasteiger partial charge in [-0.2, -0.15) is 0 Å². The molecule has 0 amide bonds. The average Bonchev–Trinajstić information content (AvgIpc) is 2.18. The molecule has 0 heterocycles. The van der Waals surface area contributed by atoms with E-state index in [1.54, 1.807) is 18.7 Å². The van der Waals surface area contributed by atoms with Gasteiger partial charge in [0.15, 0.2) is 0 Å². The molecule has 0 aliphatic rings. The predicted molar refractivity (Wildman–Crippen MR) is 56.8 cm³/mol. The quantitative estimate of drug-likeness (QED) is 0.662. The summed E-state index contributed by atoms with van der Waals surface area (Å²) < 4.78 is 12.1. The van der Waals surface area contributed by atoms with Crippen molar-refractivity contribution in [2.75, 3.05) is 6.26 Å². The van der Waals surface area contributed by atoms with Crippen LogP contribution in [0.1, 0.15) is 12.5 Å². The van der Waals surface area contributed by atoms with Crippen molar-refractivity contribution in [3.8, 4) is 0 Å². The van der Waals surface area contributed by atoms with E-state index in [1.165, 1.54) is 10.5 Å². The summed E-state index contributed by atoms with van der Waals surface area (Å²) in [6, 6.07) is 8.18. The Morgan fingerprint density at radius 1 is 1.54 bits per heavy atom. The summed E-state index contributed by atoms with van der Waals surface area (Å²) in [6.07, 6.45) is 3.41. The molecule has 0 spiro atoms. The van der Waals surface area contributed by atoms with E-state index < -0.39 is 0 Å². The van der Waals surface area contributed by atoms with Crippen molar-refractivity contribution in [2.45, 2.75) is 18.2 Å². The summed E-state index contributed by atoms with van der Waals surface area (Å²) >= 11 is 1.70. The summed E-state index contributed by atoms with van der Waals surface area (Å²) in [5.41, 5.74) is 1.93. The first-order valence-electron chi connectivity index (χ1n) is 4.15. The van der Waals surface area contributed by atoms with Crippen molar-refractivity contribution in [3.63, 3.8) is 0 Å². The highest BCUT2D eigenvalue weighted by Gasteiger charge is 1.96. The average molecular weight is 196 g/mol. The van der Waals surface area contributed by atoms with E-state index in [2.05, 4.69) is 12.1 Å². The molecule has 0 aliphatic carbocycles. The molecular weight excluding hydrogens is 183 g/mol. The lowest BCUT2D eigenvalue weighted by atomic mass is 10.1. The normalized spacial score (nSPS) is 11.8. The Hall–Kier alpha value is -0.760. The van der Waals surface area contributed by atoms with Crippen LogP contribution in [-0.4, -0.2) is 6.26 Å². The topological polar surface area (TPSA) is 0 Å². The maximum atomic E-state index is 12.1. The molecule has 0 radical (unpaired) electrons. The van der Waals surface area contributed by atoms with E-state index in [0.717, 1.165) is 5.57 Å². The molecule has 0 nitrogen and oxygen atoms in total. The van der Waals surface area contributed by atoms with E-state index in [0.29, 0.717) is 12.8 Å². The Labute approximate surface area is 82.9 Å². The Kier molecular flexibility index (Phi) is 4.03. The summed E-state index contributed by atoms with van der Waals surface area (Å²) in [5.74, 6) is 0. The minimum Gasteiger partial charge on any atom is -0.216 e. The second-order valence-corrected chi connectivity index (χ2v) is 3.86. The fourth-order valence-corrected chi connectivity index (χ4v) is 1.63. The second kappa shape index (κ2) is 5.07. The summed E-state index contributed by atoms with van der Waals surface area (Å²) in [5, 5.41) is 0. The zero-order chi connectivity index (χ0) is 9.68. The molecule has 0 bridgehead atoms. The summed E-state index contributed by atoms with van der Waals surface area (Å²) in [6.45, 7) is 1.80. The number of allylic oxidation sites excluding steroid dienone is 1. The molecule has 1 rings (SSSR count). The zero-order valence-corrected chi connectivity index (χ0v) is 8.70. The van der Waals surface area contributed by atoms with Crippen LogP contribution in [0.25, 0.3) is 0 Å². The Bertz CT molecular complexity index is 305. The monoisotopic (exact) mass is 196 g/mol. The third-order valence-corrected chi connectivity index (χ3v) is 2.53. The number of benzene rings is 1. The fourth-order valence-electron chi connectivity index (χ4n) is 1.14. The second-order valence-electron chi connectivity index (χ2n) is 2.98. The summed E-state index contributed by atoms with van der Waals surface area (Å²) in [7, 11) is 0. The standard InChI is InChI=1S/C11H13FS/c1-9(8-12)6-10-4-3-5-11(7-10)13-2/h3-5,7-8H,6H2,1-2H3/b9-8+. The third kappa shape index (κ3) is 3.23. The Balaban J connectivity index is 2.77. The molecule has 0 aliphatic heterocycles. The fraction of sp³-hybridized carbons (Fsp3) is 0.273. The molecule has 0 saturated carbocycles. The lowest BCUT2D eigenvalue weighted by Crippen LogP contribution is -1.86. The van der Waals surface area contributed by atoms with Crippen LogP contribution in [0.2, 0.25) is 0 Å². The molecule has 1 aromatic rings. The minimum absolute atomic E-state index is 0.672. The van der Waals surface area contributed by atoms with Gasteiger partial charge in [0, 0.05) is 4.90 Å². The van der Waals surface area contributed by atoms with E-state index in [9.17, 15) is 4.39 Å². The highest BCUT2D eigenvalue weighted by Crippen LogP contribution is 2.17. The van der Waals surface area contributed by atoms with E-state index in [1.807, 2.05) is 18.4 Å². The highest BCUT2D eigenvalue weighted by atomic mass is 32.2. The van der Waals surface area contributed by atoms with Gasteiger partial charge in [0.25, 0.3) is 0 Å². The Morgan fingerprint density at radius 2 is 2.31 bits per heavy atom. The number of hydrogen-bond acceptors (Lipinski definition) is 1. The van der Waals surface area contributed by atoms with E-state index in [4.69, 9.17) is 0 Å². The molecule has 0 fully saturated rings. The smallest absolute Gasteiger partial charge is 0.0859 e. The molecule has 0 unspecified atom stereocenters. The number of thioether (sulfide) groups is 1. The zero-order valence-electron chi connectivity index (χ0n) is 7.88. The molecule has 0 N–H and O–H groups in total. The first-order chi connectivity index (χ1) is 6.26. The van der Waals surface area contributed by atoms with Crippen LogP contribution in [0.5, 0.6) is 0 Å². The maximum absolute atomic E-state index is 12.1. The molecule has 0 aromatic heterocycles. The van der Waals surface area contributed by atoms with Crippen molar-refractivity contribution in [1.29, 1.82) is 0 Å². The van der Waals surface area contributed by atoms with Crippen LogP contribution in [0.15, 0.2) is 41.1 Å². The van der Waals surface area contributed by atoms with Crippen LogP contribution in [0.4, 0.5) is 4.39 Å². The van der Waals surface area contributed by atoms with Gasteiger partial charge in [-0.1, -0.05) is 12.1 Å². The highest BCUT2D eigenvalue weighted by molar-refractivity contribution is 7.98. The third-order valence-electron chi connectivity index (χ3n) is 1.80. The van der Waals surface area contributed by atoms with Gasteiger partial charge in [-0.25, -0.2) is 4.39 Å². The van der Waals surface area contributed by atoms with Crippen molar-refractivity contribution >= 4 is 11.8 Å². The summed E-state index contributed by atoms with van der Waals surface area (Å²) in [4.78, 5) is 1.23. The van der Waals surface area contributed by atoms with Gasteiger partial charge in [-0.3, -0.25) is 0 Å². The minimum atomic E-state index is 0.672. The lowest BCUT2D eigenvalue weighted by Gasteiger charge is -2.02. The van der Waals surface area contributed by atoms with Gasteiger partial charge in [0.1, 0.15) is 0 Å². The molecule has 70 valence electrons. The van der Waals surface area contributed by atoms with Crippen molar-refractivity contribution in [3.05, 3.63) is 41.7 Å². The van der Waals surface area contributed by atoms with Gasteiger partial charge in [0.2, 0.25) is 0 Å². The Morgan fingerprint density at radius 3 is 2.92 bits per heavy atom. The number of hydrogen-bond donors (Lipinski definition) is 0. The largest absolute Gasteiger partial charge is 0.216 e. The van der Waals surface area contributed by atoms with E-state index in [-0.39, 0.29) is 0 Å². The van der Waals surface area contributed by atoms with Crippen molar-refractivity contribution in [1.82, 2.24) is 0 Å². The van der Waals surface area contributed by atoms with Crippen LogP contribution >= 0.6 is 11.8 Å². The van der Waals surface area contributed by atoms with Crippen molar-refractivity contribution < 1.29 is 4.39 Å². The van der Waals surface area contributed by atoms with Crippen LogP contribution in [-0.2, 0) is 6.42 Å². The predicted octanol–water partition coefficient (Wildman–Crippen LogP) is 3.82. The van der Waals surface area contributed by atoms with Gasteiger partial charge < -0.3 is 0 Å². The van der Waals surface area contributed by atoms with Crippen LogP contribution in [0, 0.1) is 0 Å². The molecular formula is C11H13FS. The van der Waals surface area contributed by atoms with Gasteiger partial charge in [0.05, 0.1) is 6.33 Å². The van der Waals surface area contributed by atoms with Crippen LogP contribution < -0.4 is 0 Å². The van der Waals surface area contributed by atoms with Gasteiger partial charge >= 0.3 is 0 Å². The maximum Gasteiger partial charge on any atom is 0.0859 e. The van der Waals surface area contributed by atoms with Gasteiger partial charge in [-0.05, 0) is 42.9 Å². The van der Waals surface area contributed by atoms with Crippen LogP contribution in [0.3, 0.4) is 0 Å². The molecule has 13 heavy (non-hydrogen) atoms. The van der Waals surface area contributed by atoms with Crippen molar-refractivity contribution in [2.24, 2.45) is 0 Å². The lowest BCUT2D eigenvalue weighted by molar-refractivity contribution is 0.704. The molecule has 1 aromatic carbocycles. The molecule has 0 saturated heterocycles. The molecule has 0 atom stereocenters. The SMILES string of the molecule is CSc1cccc(C/C(C)=C/F)c1.